The topological polar surface area (TPSA) is 0 Å². The number of hydrogen-bond acceptors (Lipinski definition) is 0. The number of hydrogen-bond donors (Lipinski definition) is 0. The van der Waals surface area contributed by atoms with Gasteiger partial charge < -0.3 is 0 Å². The van der Waals surface area contributed by atoms with Crippen molar-refractivity contribution < 1.29 is 0 Å². The molecule has 0 bridgehead atoms. The molecular formula is C21H24Br2. The lowest BCUT2D eigenvalue weighted by atomic mass is 9.71. The molecule has 0 N–H and O–H groups in total. The quantitative estimate of drug-likeness (QED) is 0.433. The van der Waals surface area contributed by atoms with Gasteiger partial charge in [-0.15, -0.1) is 0 Å². The van der Waals surface area contributed by atoms with Gasteiger partial charge in [-0.25, -0.2) is 0 Å². The summed E-state index contributed by atoms with van der Waals surface area (Å²) < 4.78 is 2.39. The Labute approximate surface area is 157 Å². The third kappa shape index (κ3) is 3.05. The summed E-state index contributed by atoms with van der Waals surface area (Å²) in [6.07, 6.45) is 7.55. The molecule has 0 amide bonds. The standard InChI is InChI=1S/C21H24Br2/c1-3-5-11-21(12-6-4-2)19-13-15(22)7-9-17(19)18-10-8-16(23)14-20(18)21/h7-10,13-14H,3-6,11-12H2,1-2H3. The molecule has 1 aliphatic rings. The number of fused-ring (bicyclic) bond motifs is 3. The second kappa shape index (κ2) is 7.11. The highest BCUT2D eigenvalue weighted by Crippen LogP contribution is 2.55. The van der Waals surface area contributed by atoms with Gasteiger partial charge in [-0.05, 0) is 59.4 Å². The van der Waals surface area contributed by atoms with Crippen LogP contribution in [0.15, 0.2) is 45.3 Å². The summed E-state index contributed by atoms with van der Waals surface area (Å²) in [5.41, 5.74) is 6.11. The number of halogens is 2. The molecule has 0 heterocycles. The molecule has 23 heavy (non-hydrogen) atoms. The molecule has 0 atom stereocenters. The normalized spacial score (nSPS) is 14.6. The van der Waals surface area contributed by atoms with E-state index in [-0.39, 0.29) is 5.41 Å². The third-order valence-corrected chi connectivity index (χ3v) is 6.19. The van der Waals surface area contributed by atoms with Gasteiger partial charge in [-0.3, -0.25) is 0 Å². The molecule has 0 radical (unpaired) electrons. The van der Waals surface area contributed by atoms with Crippen LogP contribution in [0.5, 0.6) is 0 Å². The maximum atomic E-state index is 3.70. The van der Waals surface area contributed by atoms with Crippen LogP contribution in [-0.4, -0.2) is 0 Å². The van der Waals surface area contributed by atoms with Crippen molar-refractivity contribution >= 4 is 31.9 Å². The highest BCUT2D eigenvalue weighted by atomic mass is 79.9. The summed E-state index contributed by atoms with van der Waals surface area (Å²) in [7, 11) is 0. The zero-order valence-corrected chi connectivity index (χ0v) is 17.1. The van der Waals surface area contributed by atoms with Crippen molar-refractivity contribution in [1.82, 2.24) is 0 Å². The van der Waals surface area contributed by atoms with Crippen LogP contribution in [-0.2, 0) is 5.41 Å². The second-order valence-electron chi connectivity index (χ2n) is 6.67. The smallest absolute Gasteiger partial charge is 0.0216 e. The molecule has 122 valence electrons. The fourth-order valence-corrected chi connectivity index (χ4v) is 4.78. The Balaban J connectivity index is 2.23. The molecule has 0 aliphatic heterocycles. The van der Waals surface area contributed by atoms with Gasteiger partial charge in [0.05, 0.1) is 0 Å². The van der Waals surface area contributed by atoms with Crippen molar-refractivity contribution in [3.63, 3.8) is 0 Å². The van der Waals surface area contributed by atoms with Crippen LogP contribution in [0, 0.1) is 0 Å². The largest absolute Gasteiger partial charge is 0.0654 e. The van der Waals surface area contributed by atoms with Crippen LogP contribution >= 0.6 is 31.9 Å². The Morgan fingerprint density at radius 3 is 1.57 bits per heavy atom. The molecule has 0 fully saturated rings. The minimum atomic E-state index is 0.185. The van der Waals surface area contributed by atoms with Crippen LogP contribution in [0.4, 0.5) is 0 Å². The van der Waals surface area contributed by atoms with Crippen molar-refractivity contribution in [1.29, 1.82) is 0 Å². The van der Waals surface area contributed by atoms with E-state index in [1.165, 1.54) is 69.7 Å². The summed E-state index contributed by atoms with van der Waals surface area (Å²) in [6.45, 7) is 4.60. The fraction of sp³-hybridized carbons (Fsp3) is 0.429. The maximum absolute atomic E-state index is 3.70. The highest BCUT2D eigenvalue weighted by Gasteiger charge is 2.42. The Kier molecular flexibility index (Phi) is 5.32. The molecule has 0 saturated carbocycles. The van der Waals surface area contributed by atoms with Crippen molar-refractivity contribution in [3.8, 4) is 11.1 Å². The summed E-state index contributed by atoms with van der Waals surface area (Å²) in [4.78, 5) is 0. The summed E-state index contributed by atoms with van der Waals surface area (Å²) in [6, 6.07) is 13.7. The van der Waals surface area contributed by atoms with Gasteiger partial charge >= 0.3 is 0 Å². The first-order valence-corrected chi connectivity index (χ1v) is 10.3. The zero-order chi connectivity index (χ0) is 16.4. The van der Waals surface area contributed by atoms with Crippen molar-refractivity contribution in [2.45, 2.75) is 57.8 Å². The molecule has 0 unspecified atom stereocenters. The molecule has 2 aromatic rings. The number of unbranched alkanes of at least 4 members (excludes halogenated alkanes) is 2. The van der Waals surface area contributed by atoms with E-state index in [4.69, 9.17) is 0 Å². The average molecular weight is 436 g/mol. The summed E-state index contributed by atoms with van der Waals surface area (Å²) in [5.74, 6) is 0. The molecule has 1 aliphatic carbocycles. The summed E-state index contributed by atoms with van der Waals surface area (Å²) >= 11 is 7.41. The van der Waals surface area contributed by atoms with E-state index >= 15 is 0 Å². The van der Waals surface area contributed by atoms with Crippen LogP contribution < -0.4 is 0 Å². The Morgan fingerprint density at radius 2 is 1.17 bits per heavy atom. The van der Waals surface area contributed by atoms with E-state index in [0.717, 1.165) is 0 Å². The van der Waals surface area contributed by atoms with E-state index in [0.29, 0.717) is 0 Å². The molecule has 3 rings (SSSR count). The lowest BCUT2D eigenvalue weighted by molar-refractivity contribution is 0.414. The van der Waals surface area contributed by atoms with Crippen molar-refractivity contribution in [3.05, 3.63) is 56.5 Å². The Bertz CT molecular complexity index is 641. The predicted octanol–water partition coefficient (Wildman–Crippen LogP) is 7.86. The zero-order valence-electron chi connectivity index (χ0n) is 14.0. The lowest BCUT2D eigenvalue weighted by Gasteiger charge is -2.33. The minimum Gasteiger partial charge on any atom is -0.0654 e. The monoisotopic (exact) mass is 434 g/mol. The number of rotatable bonds is 6. The SMILES string of the molecule is CCCCC1(CCCC)c2cc(Br)ccc2-c2ccc(Br)cc21. The molecule has 0 nitrogen and oxygen atoms in total. The fourth-order valence-electron chi connectivity index (χ4n) is 4.06. The second-order valence-corrected chi connectivity index (χ2v) is 8.50. The number of benzene rings is 2. The first-order chi connectivity index (χ1) is 11.1. The first-order valence-electron chi connectivity index (χ1n) is 8.73. The molecule has 0 aromatic heterocycles. The molecule has 0 spiro atoms. The molecule has 2 aromatic carbocycles. The van der Waals surface area contributed by atoms with E-state index in [2.05, 4.69) is 82.1 Å². The first kappa shape index (κ1) is 17.2. The van der Waals surface area contributed by atoms with Crippen LogP contribution in [0.1, 0.15) is 63.5 Å². The maximum Gasteiger partial charge on any atom is 0.0216 e. The molecular weight excluding hydrogens is 412 g/mol. The van der Waals surface area contributed by atoms with Gasteiger partial charge in [0.2, 0.25) is 0 Å². The van der Waals surface area contributed by atoms with Gasteiger partial charge in [0.15, 0.2) is 0 Å². The van der Waals surface area contributed by atoms with Gasteiger partial charge in [0.25, 0.3) is 0 Å². The van der Waals surface area contributed by atoms with Crippen molar-refractivity contribution in [2.75, 3.05) is 0 Å². The van der Waals surface area contributed by atoms with Gasteiger partial charge in [0, 0.05) is 14.4 Å². The van der Waals surface area contributed by atoms with Crippen LogP contribution in [0.25, 0.3) is 11.1 Å². The van der Waals surface area contributed by atoms with Gasteiger partial charge in [0.1, 0.15) is 0 Å². The van der Waals surface area contributed by atoms with E-state index in [9.17, 15) is 0 Å². The summed E-state index contributed by atoms with van der Waals surface area (Å²) in [5, 5.41) is 0. The predicted molar refractivity (Wildman–Crippen MR) is 107 cm³/mol. The highest BCUT2D eigenvalue weighted by molar-refractivity contribution is 9.10. The van der Waals surface area contributed by atoms with Crippen LogP contribution in [0.3, 0.4) is 0 Å². The molecule has 2 heteroatoms. The van der Waals surface area contributed by atoms with Crippen LogP contribution in [0.2, 0.25) is 0 Å². The van der Waals surface area contributed by atoms with E-state index in [1.54, 1.807) is 0 Å². The Morgan fingerprint density at radius 1 is 0.739 bits per heavy atom. The minimum absolute atomic E-state index is 0.185. The van der Waals surface area contributed by atoms with Gasteiger partial charge in [-0.2, -0.15) is 0 Å². The van der Waals surface area contributed by atoms with Crippen molar-refractivity contribution in [2.24, 2.45) is 0 Å². The average Bonchev–Trinajstić information content (AvgIpc) is 2.80. The lowest BCUT2D eigenvalue weighted by Crippen LogP contribution is -2.25. The van der Waals surface area contributed by atoms with Gasteiger partial charge in [-0.1, -0.05) is 83.5 Å². The third-order valence-electron chi connectivity index (χ3n) is 5.20. The van der Waals surface area contributed by atoms with E-state index < -0.39 is 0 Å². The Hall–Kier alpha value is -0.600. The van der Waals surface area contributed by atoms with E-state index in [1.807, 2.05) is 0 Å². The molecule has 0 saturated heterocycles.